The predicted molar refractivity (Wildman–Crippen MR) is 112 cm³/mol. The monoisotopic (exact) mass is 378 g/mol. The minimum atomic E-state index is 0.769. The van der Waals surface area contributed by atoms with E-state index in [9.17, 15) is 0 Å². The Morgan fingerprint density at radius 3 is 2.44 bits per heavy atom. The molecular formula is C22H26N4S. The van der Waals surface area contributed by atoms with Gasteiger partial charge < -0.3 is 0 Å². The van der Waals surface area contributed by atoms with Crippen LogP contribution in [-0.4, -0.2) is 32.3 Å². The van der Waals surface area contributed by atoms with Crippen molar-refractivity contribution in [1.29, 1.82) is 0 Å². The first-order chi connectivity index (χ1) is 13.1. The van der Waals surface area contributed by atoms with Gasteiger partial charge in [-0.25, -0.2) is 4.68 Å². The molecule has 4 nitrogen and oxygen atoms in total. The molecule has 0 bridgehead atoms. The lowest BCUT2D eigenvalue weighted by Gasteiger charge is -2.14. The maximum absolute atomic E-state index is 5.87. The Balaban J connectivity index is 1.78. The SMILES string of the molecule is Cc1ccc(-n2c(Cc3ccccc3)nn(CN3CCCC3)c2=S)c(C)c1. The highest BCUT2D eigenvalue weighted by Gasteiger charge is 2.18. The van der Waals surface area contributed by atoms with Crippen LogP contribution in [0.5, 0.6) is 0 Å². The average molecular weight is 379 g/mol. The van der Waals surface area contributed by atoms with Crippen molar-refractivity contribution in [3.63, 3.8) is 0 Å². The van der Waals surface area contributed by atoms with Gasteiger partial charge in [0.1, 0.15) is 5.82 Å². The molecule has 1 aliphatic rings. The fraction of sp³-hybridized carbons (Fsp3) is 0.364. The average Bonchev–Trinajstić information content (AvgIpc) is 3.26. The molecule has 0 saturated carbocycles. The third-order valence-corrected chi connectivity index (χ3v) is 5.63. The molecule has 1 aromatic heterocycles. The van der Waals surface area contributed by atoms with Crippen LogP contribution in [0.25, 0.3) is 5.69 Å². The molecule has 1 fully saturated rings. The molecular weight excluding hydrogens is 352 g/mol. The highest BCUT2D eigenvalue weighted by atomic mass is 32.1. The van der Waals surface area contributed by atoms with Gasteiger partial charge in [-0.2, -0.15) is 5.10 Å². The number of hydrogen-bond donors (Lipinski definition) is 0. The van der Waals surface area contributed by atoms with Gasteiger partial charge in [-0.1, -0.05) is 48.0 Å². The van der Waals surface area contributed by atoms with E-state index in [-0.39, 0.29) is 0 Å². The lowest BCUT2D eigenvalue weighted by atomic mass is 10.1. The van der Waals surface area contributed by atoms with Gasteiger partial charge in [0.25, 0.3) is 0 Å². The van der Waals surface area contributed by atoms with Gasteiger partial charge >= 0.3 is 0 Å². The quantitative estimate of drug-likeness (QED) is 0.604. The predicted octanol–water partition coefficient (Wildman–Crippen LogP) is 4.66. The van der Waals surface area contributed by atoms with Crippen LogP contribution in [0, 0.1) is 18.6 Å². The van der Waals surface area contributed by atoms with Gasteiger partial charge in [-0.3, -0.25) is 9.47 Å². The summed E-state index contributed by atoms with van der Waals surface area (Å²) >= 11 is 5.87. The third kappa shape index (κ3) is 3.89. The first-order valence-corrected chi connectivity index (χ1v) is 10.1. The number of aryl methyl sites for hydroxylation is 2. The fourth-order valence-corrected chi connectivity index (χ4v) is 4.15. The number of hydrogen-bond acceptors (Lipinski definition) is 3. The molecule has 2 heterocycles. The van der Waals surface area contributed by atoms with Crippen LogP contribution in [0.1, 0.15) is 35.4 Å². The van der Waals surface area contributed by atoms with Crippen molar-refractivity contribution in [3.05, 3.63) is 75.8 Å². The van der Waals surface area contributed by atoms with Gasteiger partial charge in [-0.05, 0) is 69.2 Å². The zero-order chi connectivity index (χ0) is 18.8. The summed E-state index contributed by atoms with van der Waals surface area (Å²) in [7, 11) is 0. The zero-order valence-electron chi connectivity index (χ0n) is 16.1. The number of nitrogens with zero attached hydrogens (tertiary/aromatic N) is 4. The van der Waals surface area contributed by atoms with E-state index in [1.165, 1.54) is 29.5 Å². The van der Waals surface area contributed by atoms with Gasteiger partial charge in [-0.15, -0.1) is 0 Å². The van der Waals surface area contributed by atoms with E-state index in [0.29, 0.717) is 0 Å². The van der Waals surface area contributed by atoms with E-state index in [4.69, 9.17) is 17.3 Å². The zero-order valence-corrected chi connectivity index (χ0v) is 16.9. The highest BCUT2D eigenvalue weighted by Crippen LogP contribution is 2.21. The van der Waals surface area contributed by atoms with E-state index in [1.54, 1.807) is 0 Å². The molecule has 5 heteroatoms. The largest absolute Gasteiger partial charge is 0.284 e. The van der Waals surface area contributed by atoms with Crippen molar-refractivity contribution in [2.24, 2.45) is 0 Å². The second kappa shape index (κ2) is 7.79. The Bertz CT molecular complexity index is 981. The molecule has 140 valence electrons. The highest BCUT2D eigenvalue weighted by molar-refractivity contribution is 7.71. The molecule has 0 unspecified atom stereocenters. The normalized spacial score (nSPS) is 14.7. The van der Waals surface area contributed by atoms with E-state index in [0.717, 1.165) is 42.5 Å². The van der Waals surface area contributed by atoms with Crippen molar-refractivity contribution >= 4 is 12.2 Å². The Hall–Kier alpha value is -2.24. The number of benzene rings is 2. The Morgan fingerprint density at radius 2 is 1.74 bits per heavy atom. The van der Waals surface area contributed by atoms with Crippen LogP contribution in [0.2, 0.25) is 0 Å². The molecule has 1 saturated heterocycles. The second-order valence-electron chi connectivity index (χ2n) is 7.45. The van der Waals surface area contributed by atoms with Crippen molar-refractivity contribution in [2.75, 3.05) is 13.1 Å². The summed E-state index contributed by atoms with van der Waals surface area (Å²) in [6.07, 6.45) is 3.30. The molecule has 0 N–H and O–H groups in total. The Labute approximate surface area is 166 Å². The molecule has 0 aliphatic carbocycles. The first-order valence-electron chi connectivity index (χ1n) is 9.64. The van der Waals surface area contributed by atoms with Crippen LogP contribution >= 0.6 is 12.2 Å². The Kier molecular flexibility index (Phi) is 5.23. The van der Waals surface area contributed by atoms with Gasteiger partial charge in [0, 0.05) is 6.42 Å². The van der Waals surface area contributed by atoms with Crippen molar-refractivity contribution in [3.8, 4) is 5.69 Å². The minimum Gasteiger partial charge on any atom is -0.284 e. The topological polar surface area (TPSA) is 26.0 Å². The van der Waals surface area contributed by atoms with E-state index < -0.39 is 0 Å². The number of rotatable bonds is 5. The molecule has 1 aliphatic heterocycles. The number of aromatic nitrogens is 3. The van der Waals surface area contributed by atoms with E-state index >= 15 is 0 Å². The summed E-state index contributed by atoms with van der Waals surface area (Å²) in [5.74, 6) is 0.998. The smallest absolute Gasteiger partial charge is 0.203 e. The minimum absolute atomic E-state index is 0.769. The second-order valence-corrected chi connectivity index (χ2v) is 7.82. The van der Waals surface area contributed by atoms with Crippen molar-refractivity contribution in [2.45, 2.75) is 39.8 Å². The molecule has 0 amide bonds. The maximum atomic E-state index is 5.87. The van der Waals surface area contributed by atoms with Gasteiger partial charge in [0.15, 0.2) is 0 Å². The summed E-state index contributed by atoms with van der Waals surface area (Å²) < 4.78 is 4.94. The fourth-order valence-electron chi connectivity index (χ4n) is 3.85. The third-order valence-electron chi connectivity index (χ3n) is 5.24. The summed E-state index contributed by atoms with van der Waals surface area (Å²) in [6.45, 7) is 7.31. The molecule has 4 rings (SSSR count). The van der Waals surface area contributed by atoms with E-state index in [1.807, 2.05) is 10.7 Å². The molecule has 3 aromatic rings. The molecule has 27 heavy (non-hydrogen) atoms. The molecule has 0 spiro atoms. The molecule has 2 aromatic carbocycles. The summed E-state index contributed by atoms with van der Waals surface area (Å²) in [6, 6.07) is 17.0. The maximum Gasteiger partial charge on any atom is 0.203 e. The molecule has 0 atom stereocenters. The van der Waals surface area contributed by atoms with E-state index in [2.05, 4.69) is 65.8 Å². The standard InChI is InChI=1S/C22H26N4S/c1-17-10-11-20(18(2)14-17)26-21(15-19-8-4-3-5-9-19)23-25(22(26)27)16-24-12-6-7-13-24/h3-5,8-11,14H,6-7,12-13,15-16H2,1-2H3. The lowest BCUT2D eigenvalue weighted by Crippen LogP contribution is -2.23. The van der Waals surface area contributed by atoms with Crippen LogP contribution in [-0.2, 0) is 13.1 Å². The van der Waals surface area contributed by atoms with Crippen LogP contribution in [0.3, 0.4) is 0 Å². The summed E-state index contributed by atoms with van der Waals surface area (Å²) in [5.41, 5.74) is 4.86. The van der Waals surface area contributed by atoms with Crippen LogP contribution in [0.15, 0.2) is 48.5 Å². The van der Waals surface area contributed by atoms with Crippen molar-refractivity contribution in [1.82, 2.24) is 19.2 Å². The molecule has 0 radical (unpaired) electrons. The lowest BCUT2D eigenvalue weighted by molar-refractivity contribution is 0.252. The number of likely N-dealkylation sites (tertiary alicyclic amines) is 1. The summed E-state index contributed by atoms with van der Waals surface area (Å²) in [5, 5.41) is 4.94. The summed E-state index contributed by atoms with van der Waals surface area (Å²) in [4.78, 5) is 2.43. The first kappa shape index (κ1) is 18.1. The Morgan fingerprint density at radius 1 is 1.00 bits per heavy atom. The van der Waals surface area contributed by atoms with Crippen LogP contribution < -0.4 is 0 Å². The van der Waals surface area contributed by atoms with Gasteiger partial charge in [0.2, 0.25) is 4.77 Å². The van der Waals surface area contributed by atoms with Crippen LogP contribution in [0.4, 0.5) is 0 Å². The van der Waals surface area contributed by atoms with Crippen molar-refractivity contribution < 1.29 is 0 Å². The van der Waals surface area contributed by atoms with Gasteiger partial charge in [0.05, 0.1) is 12.4 Å².